The average Bonchev–Trinajstić information content (AvgIpc) is 2.93. The molecule has 1 atom stereocenters. The Morgan fingerprint density at radius 2 is 2.26 bits per heavy atom. The van der Waals surface area contributed by atoms with E-state index in [1.165, 1.54) is 10.8 Å². The van der Waals surface area contributed by atoms with Gasteiger partial charge in [0.1, 0.15) is 12.7 Å². The van der Waals surface area contributed by atoms with Gasteiger partial charge in [0.05, 0.1) is 18.4 Å². The fourth-order valence-corrected chi connectivity index (χ4v) is 1.71. The minimum absolute atomic E-state index is 0.0231. The van der Waals surface area contributed by atoms with E-state index >= 15 is 0 Å². The van der Waals surface area contributed by atoms with E-state index in [2.05, 4.69) is 15.3 Å². The number of nitrogens with two attached hydrogens (primary N) is 1. The molecule has 9 heteroatoms. The Bertz CT molecular complexity index is 586. The summed E-state index contributed by atoms with van der Waals surface area (Å²) in [5.41, 5.74) is 6.38. The molecule has 0 fully saturated rings. The molecule has 0 spiro atoms. The predicted molar refractivity (Wildman–Crippen MR) is 66.2 cm³/mol. The highest BCUT2D eigenvalue weighted by molar-refractivity contribution is 5.18. The first-order valence-corrected chi connectivity index (χ1v) is 5.81. The van der Waals surface area contributed by atoms with E-state index < -0.39 is 4.92 Å². The van der Waals surface area contributed by atoms with Gasteiger partial charge in [-0.05, 0) is 11.8 Å². The molecule has 0 saturated heterocycles. The van der Waals surface area contributed by atoms with Gasteiger partial charge in [-0.1, -0.05) is 5.21 Å². The average molecular weight is 265 g/mol. The van der Waals surface area contributed by atoms with Crippen LogP contribution in [0.4, 0.5) is 5.82 Å². The van der Waals surface area contributed by atoms with Gasteiger partial charge in [0.25, 0.3) is 0 Å². The van der Waals surface area contributed by atoms with Crippen molar-refractivity contribution >= 4 is 5.82 Å². The molecule has 19 heavy (non-hydrogen) atoms. The zero-order valence-electron chi connectivity index (χ0n) is 10.7. The molecule has 0 aliphatic carbocycles. The number of imidazole rings is 1. The van der Waals surface area contributed by atoms with Gasteiger partial charge in [-0.25, -0.2) is 14.2 Å². The van der Waals surface area contributed by atoms with Gasteiger partial charge in [0.15, 0.2) is 5.82 Å². The van der Waals surface area contributed by atoms with E-state index in [0.717, 1.165) is 0 Å². The van der Waals surface area contributed by atoms with Crippen molar-refractivity contribution in [2.24, 2.45) is 5.73 Å². The normalized spacial score (nSPS) is 12.6. The van der Waals surface area contributed by atoms with Gasteiger partial charge in [-0.3, -0.25) is 0 Å². The summed E-state index contributed by atoms with van der Waals surface area (Å²) < 4.78 is 3.15. The zero-order valence-corrected chi connectivity index (χ0v) is 10.7. The van der Waals surface area contributed by atoms with Crippen LogP contribution in [-0.2, 0) is 13.1 Å². The van der Waals surface area contributed by atoms with E-state index in [9.17, 15) is 10.1 Å². The highest BCUT2D eigenvalue weighted by atomic mass is 16.6. The standard InChI is InChI=1S/C10H15N7O2/c1-7(11)9-6-15(14-13-9)3-4-16-8(2)12-5-10(16)17(18)19/h5-7H,3-4,11H2,1-2H3. The predicted octanol–water partition coefficient (Wildman–Crippen LogP) is 0.411. The van der Waals surface area contributed by atoms with Crippen LogP contribution in [0.5, 0.6) is 0 Å². The molecule has 0 aliphatic heterocycles. The number of nitro groups is 1. The molecule has 102 valence electrons. The van der Waals surface area contributed by atoms with Crippen molar-refractivity contribution in [3.05, 3.63) is 34.0 Å². The molecule has 9 nitrogen and oxygen atoms in total. The maximum Gasteiger partial charge on any atom is 0.342 e. The van der Waals surface area contributed by atoms with E-state index in [4.69, 9.17) is 5.73 Å². The molecule has 0 aromatic carbocycles. The van der Waals surface area contributed by atoms with Crippen LogP contribution in [0.25, 0.3) is 0 Å². The Balaban J connectivity index is 2.09. The van der Waals surface area contributed by atoms with Gasteiger partial charge in [-0.15, -0.1) is 5.10 Å². The fraction of sp³-hybridized carbons (Fsp3) is 0.500. The van der Waals surface area contributed by atoms with Crippen LogP contribution in [0.1, 0.15) is 24.5 Å². The minimum Gasteiger partial charge on any atom is -0.358 e. The second-order valence-corrected chi connectivity index (χ2v) is 4.27. The third kappa shape index (κ3) is 2.76. The molecule has 0 bridgehead atoms. The Labute approximate surface area is 109 Å². The highest BCUT2D eigenvalue weighted by Gasteiger charge is 2.17. The van der Waals surface area contributed by atoms with Crippen LogP contribution in [-0.4, -0.2) is 29.5 Å². The summed E-state index contributed by atoms with van der Waals surface area (Å²) in [7, 11) is 0. The molecule has 2 N–H and O–H groups in total. The van der Waals surface area contributed by atoms with E-state index in [-0.39, 0.29) is 11.9 Å². The second kappa shape index (κ2) is 5.14. The van der Waals surface area contributed by atoms with Crippen LogP contribution in [0.3, 0.4) is 0 Å². The van der Waals surface area contributed by atoms with Crippen molar-refractivity contribution in [2.45, 2.75) is 33.0 Å². The fourth-order valence-electron chi connectivity index (χ4n) is 1.71. The van der Waals surface area contributed by atoms with Crippen molar-refractivity contribution in [3.8, 4) is 0 Å². The van der Waals surface area contributed by atoms with Gasteiger partial charge in [0, 0.05) is 13.0 Å². The van der Waals surface area contributed by atoms with Crippen molar-refractivity contribution < 1.29 is 4.92 Å². The molecule has 2 rings (SSSR count). The SMILES string of the molecule is Cc1ncc([N+](=O)[O-])n1CCn1cc(C(C)N)nn1. The van der Waals surface area contributed by atoms with Crippen molar-refractivity contribution in [2.75, 3.05) is 0 Å². The Morgan fingerprint density at radius 1 is 1.53 bits per heavy atom. The molecule has 2 aromatic rings. The van der Waals surface area contributed by atoms with Gasteiger partial charge in [0.2, 0.25) is 0 Å². The Hall–Kier alpha value is -2.29. The van der Waals surface area contributed by atoms with Crippen molar-refractivity contribution in [1.82, 2.24) is 24.5 Å². The summed E-state index contributed by atoms with van der Waals surface area (Å²) in [5, 5.41) is 18.7. The molecular weight excluding hydrogens is 250 g/mol. The van der Waals surface area contributed by atoms with E-state index in [1.807, 2.05) is 6.92 Å². The van der Waals surface area contributed by atoms with E-state index in [1.54, 1.807) is 17.8 Å². The summed E-state index contributed by atoms with van der Waals surface area (Å²) >= 11 is 0. The summed E-state index contributed by atoms with van der Waals surface area (Å²) in [6.07, 6.45) is 2.99. The number of aryl methyl sites for hydroxylation is 2. The zero-order chi connectivity index (χ0) is 14.0. The van der Waals surface area contributed by atoms with Gasteiger partial charge >= 0.3 is 5.82 Å². The Morgan fingerprint density at radius 3 is 2.84 bits per heavy atom. The van der Waals surface area contributed by atoms with Gasteiger partial charge in [-0.2, -0.15) is 0 Å². The van der Waals surface area contributed by atoms with Gasteiger partial charge < -0.3 is 15.8 Å². The quantitative estimate of drug-likeness (QED) is 0.618. The summed E-state index contributed by atoms with van der Waals surface area (Å²) in [5.74, 6) is 0.573. The second-order valence-electron chi connectivity index (χ2n) is 4.27. The molecule has 0 aliphatic rings. The molecule has 0 amide bonds. The maximum atomic E-state index is 10.8. The topological polar surface area (TPSA) is 118 Å². The lowest BCUT2D eigenvalue weighted by Gasteiger charge is -2.02. The van der Waals surface area contributed by atoms with Crippen LogP contribution >= 0.6 is 0 Å². The minimum atomic E-state index is -0.450. The smallest absolute Gasteiger partial charge is 0.342 e. The van der Waals surface area contributed by atoms with Crippen LogP contribution in [0.15, 0.2) is 12.4 Å². The first kappa shape index (κ1) is 13.1. The van der Waals surface area contributed by atoms with Crippen molar-refractivity contribution in [3.63, 3.8) is 0 Å². The molecule has 0 saturated carbocycles. The third-order valence-electron chi connectivity index (χ3n) is 2.80. The van der Waals surface area contributed by atoms with Crippen LogP contribution in [0.2, 0.25) is 0 Å². The number of hydrogen-bond donors (Lipinski definition) is 1. The van der Waals surface area contributed by atoms with Crippen molar-refractivity contribution in [1.29, 1.82) is 0 Å². The third-order valence-corrected chi connectivity index (χ3v) is 2.80. The first-order chi connectivity index (χ1) is 8.99. The largest absolute Gasteiger partial charge is 0.358 e. The summed E-state index contributed by atoms with van der Waals surface area (Å²) in [6.45, 7) is 4.42. The molecule has 2 heterocycles. The molecule has 2 aromatic heterocycles. The maximum absolute atomic E-state index is 10.8. The number of nitrogens with zero attached hydrogens (tertiary/aromatic N) is 6. The lowest BCUT2D eigenvalue weighted by Crippen LogP contribution is -2.11. The lowest BCUT2D eigenvalue weighted by molar-refractivity contribution is -0.392. The number of aromatic nitrogens is 5. The first-order valence-electron chi connectivity index (χ1n) is 5.81. The molecule has 0 radical (unpaired) electrons. The number of rotatable bonds is 5. The number of hydrogen-bond acceptors (Lipinski definition) is 6. The summed E-state index contributed by atoms with van der Waals surface area (Å²) in [4.78, 5) is 14.3. The van der Waals surface area contributed by atoms with Crippen LogP contribution < -0.4 is 5.73 Å². The molecular formula is C10H15N7O2. The van der Waals surface area contributed by atoms with E-state index in [0.29, 0.717) is 24.6 Å². The Kier molecular flexibility index (Phi) is 3.56. The molecule has 1 unspecified atom stereocenters. The van der Waals surface area contributed by atoms with Crippen LogP contribution in [0, 0.1) is 17.0 Å². The monoisotopic (exact) mass is 265 g/mol. The highest BCUT2D eigenvalue weighted by Crippen LogP contribution is 2.13. The summed E-state index contributed by atoms with van der Waals surface area (Å²) in [6, 6.07) is -0.182. The lowest BCUT2D eigenvalue weighted by atomic mass is 10.3.